The summed E-state index contributed by atoms with van der Waals surface area (Å²) in [4.78, 5) is 21.2. The Morgan fingerprint density at radius 3 is 2.56 bits per heavy atom. The van der Waals surface area contributed by atoms with Crippen LogP contribution < -0.4 is 9.64 Å². The lowest BCUT2D eigenvalue weighted by Gasteiger charge is -2.56. The normalized spacial score (nSPS) is 24.2. The molecule has 4 fully saturated rings. The molecule has 2 bridgehead atoms. The number of ether oxygens (including phenoxy) is 3. The molecule has 0 amide bonds. The maximum atomic E-state index is 9.91. The molecule has 6 aliphatic heterocycles. The Kier molecular flexibility index (Phi) is 7.71. The second kappa shape index (κ2) is 11.9. The number of rotatable bonds is 9. The number of hydrazine groups is 1. The molecule has 12 nitrogen and oxygen atoms in total. The predicted molar refractivity (Wildman–Crippen MR) is 159 cm³/mol. The van der Waals surface area contributed by atoms with Gasteiger partial charge in [0.2, 0.25) is 11.8 Å². The summed E-state index contributed by atoms with van der Waals surface area (Å²) in [7, 11) is 3.61. The molecule has 8 heterocycles. The number of pyridine rings is 1. The largest absolute Gasteiger partial charge is 0.491 e. The summed E-state index contributed by atoms with van der Waals surface area (Å²) in [6, 6.07) is 7.35. The van der Waals surface area contributed by atoms with Crippen LogP contribution in [0.1, 0.15) is 17.5 Å². The van der Waals surface area contributed by atoms with Crippen LogP contribution in [0, 0.1) is 11.3 Å². The van der Waals surface area contributed by atoms with Crippen molar-refractivity contribution in [3.63, 3.8) is 0 Å². The Morgan fingerprint density at radius 2 is 1.86 bits per heavy atom. The van der Waals surface area contributed by atoms with Gasteiger partial charge in [0.1, 0.15) is 12.4 Å². The SMILES string of the molecule is COc1ccc(CN2C3CC2CN(c2ncc(C4=CC(OCCN5CCOCC5)=CN5C4=C(C#N)CN5C)cn2)C3)cn1. The van der Waals surface area contributed by atoms with E-state index in [1.807, 2.05) is 54.0 Å². The highest BCUT2D eigenvalue weighted by Gasteiger charge is 2.45. The van der Waals surface area contributed by atoms with Crippen LogP contribution in [-0.4, -0.2) is 120 Å². The summed E-state index contributed by atoms with van der Waals surface area (Å²) >= 11 is 0. The number of morpholine rings is 1. The molecule has 8 rings (SSSR count). The van der Waals surface area contributed by atoms with Gasteiger partial charge in [-0.05, 0) is 18.1 Å². The zero-order chi connectivity index (χ0) is 29.3. The summed E-state index contributed by atoms with van der Waals surface area (Å²) in [5.74, 6) is 2.14. The zero-order valence-electron chi connectivity index (χ0n) is 24.7. The summed E-state index contributed by atoms with van der Waals surface area (Å²) < 4.78 is 16.9. The first-order valence-electron chi connectivity index (χ1n) is 14.9. The average molecular weight is 584 g/mol. The standard InChI is InChI=1S/C31H37N9O3/c1-36-18-23(13-32)30-28(12-27(21-40(30)36)43-10-7-37-5-8-42-9-6-37)24-15-34-31(35-16-24)38-19-25-11-26(20-38)39(25)17-22-3-4-29(41-2)33-14-22/h3-4,12,14-16,21,25-26H,5-11,17-20H2,1-2H3. The Morgan fingerprint density at radius 1 is 1.07 bits per heavy atom. The zero-order valence-corrected chi connectivity index (χ0v) is 24.7. The molecule has 0 radical (unpaired) electrons. The summed E-state index contributed by atoms with van der Waals surface area (Å²) in [6.07, 6.45) is 10.8. The minimum absolute atomic E-state index is 0.471. The highest BCUT2D eigenvalue weighted by Crippen LogP contribution is 2.39. The Hall–Kier alpha value is -4.02. The fourth-order valence-corrected chi connectivity index (χ4v) is 6.58. The van der Waals surface area contributed by atoms with Gasteiger partial charge in [0, 0.05) is 94.2 Å². The van der Waals surface area contributed by atoms with E-state index < -0.39 is 0 Å². The van der Waals surface area contributed by atoms with Gasteiger partial charge < -0.3 is 19.1 Å². The van der Waals surface area contributed by atoms with Crippen molar-refractivity contribution in [2.75, 3.05) is 78.1 Å². The molecule has 2 aromatic heterocycles. The number of hydrogen-bond donors (Lipinski definition) is 0. The van der Waals surface area contributed by atoms with Crippen molar-refractivity contribution >= 4 is 11.5 Å². The molecule has 0 aliphatic carbocycles. The monoisotopic (exact) mass is 583 g/mol. The van der Waals surface area contributed by atoms with Crippen LogP contribution in [0.2, 0.25) is 0 Å². The van der Waals surface area contributed by atoms with Gasteiger partial charge >= 0.3 is 0 Å². The van der Waals surface area contributed by atoms with Crippen molar-refractivity contribution in [2.24, 2.45) is 0 Å². The van der Waals surface area contributed by atoms with Gasteiger partial charge in [0.15, 0.2) is 0 Å². The third-order valence-corrected chi connectivity index (χ3v) is 8.92. The predicted octanol–water partition coefficient (Wildman–Crippen LogP) is 1.87. The van der Waals surface area contributed by atoms with E-state index in [1.54, 1.807) is 7.11 Å². The van der Waals surface area contributed by atoms with Crippen LogP contribution in [-0.2, 0) is 16.0 Å². The number of methoxy groups -OCH3 is 1. The van der Waals surface area contributed by atoms with Crippen LogP contribution in [0.15, 0.2) is 60.0 Å². The van der Waals surface area contributed by atoms with Gasteiger partial charge in [-0.2, -0.15) is 5.26 Å². The molecule has 224 valence electrons. The van der Waals surface area contributed by atoms with Crippen LogP contribution in [0.25, 0.3) is 5.57 Å². The molecule has 43 heavy (non-hydrogen) atoms. The minimum Gasteiger partial charge on any atom is -0.491 e. The van der Waals surface area contributed by atoms with E-state index in [4.69, 9.17) is 24.2 Å². The molecule has 6 aliphatic rings. The molecule has 12 heteroatoms. The van der Waals surface area contributed by atoms with Gasteiger partial charge in [-0.15, -0.1) is 0 Å². The number of fused-ring (bicyclic) bond motifs is 3. The maximum Gasteiger partial charge on any atom is 0.225 e. The van der Waals surface area contributed by atoms with E-state index >= 15 is 0 Å². The van der Waals surface area contributed by atoms with Crippen LogP contribution in [0.4, 0.5) is 5.95 Å². The Labute approximate surface area is 252 Å². The number of allylic oxidation sites excluding steroid dienone is 2. The fraction of sp³-hybridized carbons (Fsp3) is 0.484. The average Bonchev–Trinajstić information content (AvgIpc) is 3.39. The van der Waals surface area contributed by atoms with Gasteiger partial charge in [-0.25, -0.2) is 20.0 Å². The van der Waals surface area contributed by atoms with Crippen LogP contribution >= 0.6 is 0 Å². The number of nitrogens with zero attached hydrogens (tertiary/aromatic N) is 9. The quantitative estimate of drug-likeness (QED) is 0.430. The van der Waals surface area contributed by atoms with Crippen LogP contribution in [0.5, 0.6) is 5.88 Å². The van der Waals surface area contributed by atoms with E-state index in [0.717, 1.165) is 81.0 Å². The summed E-state index contributed by atoms with van der Waals surface area (Å²) in [5, 5.41) is 13.9. The van der Waals surface area contributed by atoms with Gasteiger partial charge in [-0.1, -0.05) is 6.07 Å². The van der Waals surface area contributed by atoms with E-state index in [2.05, 4.69) is 31.8 Å². The third kappa shape index (κ3) is 5.57. The number of nitriles is 1. The van der Waals surface area contributed by atoms with E-state index in [0.29, 0.717) is 36.7 Å². The lowest BCUT2D eigenvalue weighted by atomic mass is 9.87. The molecule has 0 aromatic carbocycles. The first-order chi connectivity index (χ1) is 21.1. The molecule has 2 aromatic rings. The molecule has 4 saturated heterocycles. The third-order valence-electron chi connectivity index (χ3n) is 8.92. The van der Waals surface area contributed by atoms with Gasteiger partial charge in [0.05, 0.1) is 50.4 Å². The Balaban J connectivity index is 1.03. The number of anilines is 1. The number of likely N-dealkylation sites (N-methyl/N-ethyl adjacent to an activating group) is 1. The number of piperidine rings is 1. The first-order valence-corrected chi connectivity index (χ1v) is 14.9. The summed E-state index contributed by atoms with van der Waals surface area (Å²) in [5.41, 5.74) is 4.54. The first kappa shape index (κ1) is 27.8. The van der Waals surface area contributed by atoms with Crippen molar-refractivity contribution in [2.45, 2.75) is 25.0 Å². The van der Waals surface area contributed by atoms with Crippen molar-refractivity contribution < 1.29 is 14.2 Å². The van der Waals surface area contributed by atoms with Gasteiger partial charge in [-0.3, -0.25) is 14.8 Å². The second-order valence-electron chi connectivity index (χ2n) is 11.6. The molecule has 2 atom stereocenters. The highest BCUT2D eigenvalue weighted by molar-refractivity contribution is 5.83. The molecular formula is C31H37N9O3. The smallest absolute Gasteiger partial charge is 0.225 e. The summed E-state index contributed by atoms with van der Waals surface area (Å²) in [6.45, 7) is 8.04. The molecule has 0 saturated carbocycles. The van der Waals surface area contributed by atoms with Crippen LogP contribution in [0.3, 0.4) is 0 Å². The topological polar surface area (TPSA) is 106 Å². The van der Waals surface area contributed by atoms with E-state index in [-0.39, 0.29) is 0 Å². The maximum absolute atomic E-state index is 9.91. The molecule has 0 N–H and O–H groups in total. The van der Waals surface area contributed by atoms with Crippen molar-refractivity contribution in [1.29, 1.82) is 5.26 Å². The van der Waals surface area contributed by atoms with Crippen molar-refractivity contribution in [3.05, 3.63) is 71.2 Å². The number of aromatic nitrogens is 3. The van der Waals surface area contributed by atoms with E-state index in [1.165, 1.54) is 12.0 Å². The lowest BCUT2D eigenvalue weighted by Crippen LogP contribution is -2.68. The second-order valence-corrected chi connectivity index (χ2v) is 11.6. The lowest BCUT2D eigenvalue weighted by molar-refractivity contribution is -0.00904. The highest BCUT2D eigenvalue weighted by atomic mass is 16.5. The van der Waals surface area contributed by atoms with E-state index in [9.17, 15) is 5.26 Å². The Bertz CT molecular complexity index is 1450. The van der Waals surface area contributed by atoms with Crippen molar-refractivity contribution in [1.82, 2.24) is 34.8 Å². The van der Waals surface area contributed by atoms with Crippen molar-refractivity contribution in [3.8, 4) is 11.9 Å². The molecule has 2 unspecified atom stereocenters. The number of hydrogen-bond acceptors (Lipinski definition) is 12. The minimum atomic E-state index is 0.471. The molecular weight excluding hydrogens is 546 g/mol. The fourth-order valence-electron chi connectivity index (χ4n) is 6.58. The number of piperazine rings is 1. The van der Waals surface area contributed by atoms with Gasteiger partial charge in [0.25, 0.3) is 0 Å². The molecule has 0 spiro atoms.